The van der Waals surface area contributed by atoms with Gasteiger partial charge in [0, 0.05) is 17.0 Å². The number of ketones is 1. The molecule has 0 atom stereocenters. The van der Waals surface area contributed by atoms with Crippen LogP contribution in [0.15, 0.2) is 69.9 Å². The average Bonchev–Trinajstić information content (AvgIpc) is 2.72. The quantitative estimate of drug-likeness (QED) is 0.293. The number of hydrogen-bond acceptors (Lipinski definition) is 5. The molecule has 5 nitrogen and oxygen atoms in total. The first-order chi connectivity index (χ1) is 13.6. The zero-order valence-electron chi connectivity index (χ0n) is 14.9. The van der Waals surface area contributed by atoms with E-state index < -0.39 is 11.4 Å². The molecule has 0 bridgehead atoms. The van der Waals surface area contributed by atoms with E-state index in [0.717, 1.165) is 16.8 Å². The second-order valence-electron chi connectivity index (χ2n) is 6.15. The Morgan fingerprint density at radius 1 is 1.00 bits per heavy atom. The normalized spacial score (nSPS) is 10.9. The standard InChI is InChI=1S/C22H15FO5/c1-26-20-9-6-13(10-18(20)23)19(24)12-27-14-7-8-16-15-4-2-3-5-17(15)22(25)28-21(16)11-14/h2-11H,12H2,1H3. The highest BCUT2D eigenvalue weighted by Gasteiger charge is 2.12. The van der Waals surface area contributed by atoms with Gasteiger partial charge in [0.25, 0.3) is 0 Å². The van der Waals surface area contributed by atoms with Crippen LogP contribution in [0.4, 0.5) is 4.39 Å². The molecule has 0 saturated heterocycles. The molecule has 0 fully saturated rings. The second-order valence-corrected chi connectivity index (χ2v) is 6.15. The lowest BCUT2D eigenvalue weighted by molar-refractivity contribution is 0.0921. The molecule has 28 heavy (non-hydrogen) atoms. The van der Waals surface area contributed by atoms with Crippen molar-refractivity contribution in [3.8, 4) is 11.5 Å². The second kappa shape index (κ2) is 7.15. The van der Waals surface area contributed by atoms with Gasteiger partial charge < -0.3 is 13.9 Å². The van der Waals surface area contributed by atoms with Crippen molar-refractivity contribution in [3.63, 3.8) is 0 Å². The van der Waals surface area contributed by atoms with Gasteiger partial charge in [-0.25, -0.2) is 9.18 Å². The number of carbonyl (C=O) groups is 1. The SMILES string of the molecule is COc1ccc(C(=O)COc2ccc3c(c2)oc(=O)c2ccccc23)cc1F. The van der Waals surface area contributed by atoms with E-state index in [1.807, 2.05) is 12.1 Å². The maximum atomic E-state index is 13.8. The molecule has 4 aromatic rings. The molecule has 1 heterocycles. The molecule has 0 aliphatic heterocycles. The Kier molecular flexibility index (Phi) is 4.53. The number of rotatable bonds is 5. The van der Waals surface area contributed by atoms with Crippen molar-refractivity contribution in [2.75, 3.05) is 13.7 Å². The molecule has 4 rings (SSSR count). The number of ether oxygens (including phenoxy) is 2. The fourth-order valence-corrected chi connectivity index (χ4v) is 3.02. The summed E-state index contributed by atoms with van der Waals surface area (Å²) >= 11 is 0. The van der Waals surface area contributed by atoms with Crippen molar-refractivity contribution in [1.82, 2.24) is 0 Å². The van der Waals surface area contributed by atoms with Crippen molar-refractivity contribution in [1.29, 1.82) is 0 Å². The molecule has 3 aromatic carbocycles. The summed E-state index contributed by atoms with van der Waals surface area (Å²) in [6, 6.07) is 16.2. The molecule has 0 aliphatic carbocycles. The molecule has 0 N–H and O–H groups in total. The summed E-state index contributed by atoms with van der Waals surface area (Å²) in [7, 11) is 1.35. The number of methoxy groups -OCH3 is 1. The Balaban J connectivity index is 1.58. The van der Waals surface area contributed by atoms with Gasteiger partial charge in [-0.3, -0.25) is 4.79 Å². The first-order valence-corrected chi connectivity index (χ1v) is 8.52. The third kappa shape index (κ3) is 3.20. The molecule has 6 heteroatoms. The molecule has 0 unspecified atom stereocenters. The van der Waals surface area contributed by atoms with Crippen LogP contribution in [-0.4, -0.2) is 19.5 Å². The summed E-state index contributed by atoms with van der Waals surface area (Å²) in [5, 5.41) is 2.05. The summed E-state index contributed by atoms with van der Waals surface area (Å²) in [5.74, 6) is -0.572. The first-order valence-electron chi connectivity index (χ1n) is 8.52. The predicted molar refractivity (Wildman–Crippen MR) is 103 cm³/mol. The van der Waals surface area contributed by atoms with Crippen LogP contribution in [-0.2, 0) is 0 Å². The van der Waals surface area contributed by atoms with Crippen molar-refractivity contribution >= 4 is 27.5 Å². The summed E-state index contributed by atoms with van der Waals surface area (Å²) in [6.45, 7) is -0.283. The van der Waals surface area contributed by atoms with Gasteiger partial charge in [-0.05, 0) is 41.8 Å². The number of benzene rings is 3. The molecule has 1 aromatic heterocycles. The number of halogens is 1. The number of carbonyl (C=O) groups excluding carboxylic acids is 1. The molecule has 0 saturated carbocycles. The molecule has 0 spiro atoms. The Labute approximate surface area is 158 Å². The largest absolute Gasteiger partial charge is 0.494 e. The lowest BCUT2D eigenvalue weighted by atomic mass is 10.1. The van der Waals surface area contributed by atoms with Crippen LogP contribution >= 0.6 is 0 Å². The van der Waals surface area contributed by atoms with E-state index in [1.165, 1.54) is 19.2 Å². The van der Waals surface area contributed by atoms with Crippen LogP contribution in [0, 0.1) is 5.82 Å². The smallest absolute Gasteiger partial charge is 0.344 e. The molecular formula is C22H15FO5. The van der Waals surface area contributed by atoms with E-state index in [2.05, 4.69) is 0 Å². The summed E-state index contributed by atoms with van der Waals surface area (Å²) in [6.07, 6.45) is 0. The van der Waals surface area contributed by atoms with E-state index in [1.54, 1.807) is 30.3 Å². The van der Waals surface area contributed by atoms with Gasteiger partial charge in [0.05, 0.1) is 12.5 Å². The van der Waals surface area contributed by atoms with Crippen molar-refractivity contribution in [3.05, 3.63) is 82.5 Å². The zero-order valence-corrected chi connectivity index (χ0v) is 14.9. The van der Waals surface area contributed by atoms with Gasteiger partial charge in [0.1, 0.15) is 11.3 Å². The third-order valence-electron chi connectivity index (χ3n) is 4.44. The van der Waals surface area contributed by atoms with E-state index in [9.17, 15) is 14.0 Å². The highest BCUT2D eigenvalue weighted by Crippen LogP contribution is 2.26. The van der Waals surface area contributed by atoms with E-state index in [4.69, 9.17) is 13.9 Å². The summed E-state index contributed by atoms with van der Waals surface area (Å²) < 4.78 is 29.5. The van der Waals surface area contributed by atoms with Gasteiger partial charge in [-0.1, -0.05) is 18.2 Å². The zero-order chi connectivity index (χ0) is 19.7. The highest BCUT2D eigenvalue weighted by atomic mass is 19.1. The molecule has 0 aliphatic rings. The number of Topliss-reactive ketones (excluding diaryl/α,β-unsaturated/α-hetero) is 1. The van der Waals surface area contributed by atoms with Crippen LogP contribution in [0.3, 0.4) is 0 Å². The molecule has 0 radical (unpaired) electrons. The van der Waals surface area contributed by atoms with Crippen molar-refractivity contribution in [2.24, 2.45) is 0 Å². The van der Waals surface area contributed by atoms with Gasteiger partial charge >= 0.3 is 5.63 Å². The van der Waals surface area contributed by atoms with E-state index in [0.29, 0.717) is 16.7 Å². The van der Waals surface area contributed by atoms with Gasteiger partial charge in [0.15, 0.2) is 24.0 Å². The Bertz CT molecular complexity index is 1260. The fourth-order valence-electron chi connectivity index (χ4n) is 3.02. The fraction of sp³-hybridized carbons (Fsp3) is 0.0909. The van der Waals surface area contributed by atoms with Gasteiger partial charge in [0.2, 0.25) is 0 Å². The van der Waals surface area contributed by atoms with Crippen LogP contribution in [0.25, 0.3) is 21.7 Å². The van der Waals surface area contributed by atoms with Crippen molar-refractivity contribution in [2.45, 2.75) is 0 Å². The predicted octanol–water partition coefficient (Wildman–Crippen LogP) is 4.36. The van der Waals surface area contributed by atoms with Crippen LogP contribution in [0.2, 0.25) is 0 Å². The monoisotopic (exact) mass is 378 g/mol. The van der Waals surface area contributed by atoms with Gasteiger partial charge in [-0.15, -0.1) is 0 Å². The minimum absolute atomic E-state index is 0.0641. The number of hydrogen-bond donors (Lipinski definition) is 0. The van der Waals surface area contributed by atoms with E-state index in [-0.39, 0.29) is 23.7 Å². The lowest BCUT2D eigenvalue weighted by Gasteiger charge is -2.08. The maximum absolute atomic E-state index is 13.8. The number of fused-ring (bicyclic) bond motifs is 3. The van der Waals surface area contributed by atoms with Crippen LogP contribution < -0.4 is 15.1 Å². The van der Waals surface area contributed by atoms with Crippen LogP contribution in [0.5, 0.6) is 11.5 Å². The average molecular weight is 378 g/mol. The summed E-state index contributed by atoms with van der Waals surface area (Å²) in [5.41, 5.74) is 0.103. The minimum Gasteiger partial charge on any atom is -0.494 e. The Morgan fingerprint density at radius 3 is 2.54 bits per heavy atom. The Hall–Kier alpha value is -3.67. The lowest BCUT2D eigenvalue weighted by Crippen LogP contribution is -2.12. The maximum Gasteiger partial charge on any atom is 0.344 e. The topological polar surface area (TPSA) is 65.7 Å². The molecule has 140 valence electrons. The highest BCUT2D eigenvalue weighted by molar-refractivity contribution is 6.04. The third-order valence-corrected chi connectivity index (χ3v) is 4.44. The van der Waals surface area contributed by atoms with Crippen LogP contribution in [0.1, 0.15) is 10.4 Å². The summed E-state index contributed by atoms with van der Waals surface area (Å²) in [4.78, 5) is 24.4. The molecular weight excluding hydrogens is 363 g/mol. The molecule has 0 amide bonds. The first kappa shape index (κ1) is 17.7. The van der Waals surface area contributed by atoms with Crippen molar-refractivity contribution < 1.29 is 23.1 Å². The van der Waals surface area contributed by atoms with E-state index >= 15 is 0 Å². The minimum atomic E-state index is -0.618. The Morgan fingerprint density at radius 2 is 1.79 bits per heavy atom. The van der Waals surface area contributed by atoms with Gasteiger partial charge in [-0.2, -0.15) is 0 Å².